The second-order valence-corrected chi connectivity index (χ2v) is 6.87. The van der Waals surface area contributed by atoms with Crippen LogP contribution >= 0.6 is 0 Å². The minimum absolute atomic E-state index is 0.0112. The van der Waals surface area contributed by atoms with Crippen LogP contribution < -0.4 is 0 Å². The number of hydrogen-bond donors (Lipinski definition) is 0. The molecule has 1 aliphatic heterocycles. The van der Waals surface area contributed by atoms with Crippen LogP contribution in [-0.4, -0.2) is 34.1 Å². The largest absolute Gasteiger partial charge is 0.420 e. The summed E-state index contributed by atoms with van der Waals surface area (Å²) < 4.78 is 19.7. The third-order valence-electron chi connectivity index (χ3n) is 4.94. The van der Waals surface area contributed by atoms with Crippen molar-refractivity contribution in [3.8, 4) is 11.5 Å². The average Bonchev–Trinajstić information content (AvgIpc) is 3.21. The molecule has 4 rings (SSSR count). The summed E-state index contributed by atoms with van der Waals surface area (Å²) in [4.78, 5) is 14.5. The minimum Gasteiger partial charge on any atom is -0.420 e. The Labute approximate surface area is 156 Å². The SMILES string of the molecule is Cc1ccc(C(=O)N2CCC[C@H](c3nnc(-c4ccccc4)o3)C2)cc1F. The highest BCUT2D eigenvalue weighted by Crippen LogP contribution is 2.29. The van der Waals surface area contributed by atoms with Crippen LogP contribution in [0.3, 0.4) is 0 Å². The minimum atomic E-state index is -0.362. The van der Waals surface area contributed by atoms with Gasteiger partial charge in [0.1, 0.15) is 5.82 Å². The van der Waals surface area contributed by atoms with Gasteiger partial charge in [-0.25, -0.2) is 4.39 Å². The molecule has 1 saturated heterocycles. The van der Waals surface area contributed by atoms with Gasteiger partial charge in [0, 0.05) is 24.2 Å². The standard InChI is InChI=1S/C21H20FN3O2/c1-14-9-10-16(12-18(14)22)21(26)25-11-5-8-17(13-25)20-24-23-19(27-20)15-6-3-2-4-7-15/h2-4,6-7,9-10,12,17H,5,8,11,13H2,1H3/t17-/m0/s1. The monoisotopic (exact) mass is 365 g/mol. The molecule has 3 aromatic rings. The predicted molar refractivity (Wildman–Crippen MR) is 98.7 cm³/mol. The Kier molecular flexibility index (Phi) is 4.71. The first-order chi connectivity index (χ1) is 13.1. The molecule has 2 aromatic carbocycles. The molecule has 5 nitrogen and oxygen atoms in total. The molecule has 0 N–H and O–H groups in total. The Morgan fingerprint density at radius 1 is 1.19 bits per heavy atom. The number of piperidine rings is 1. The molecular formula is C21H20FN3O2. The van der Waals surface area contributed by atoms with Crippen molar-refractivity contribution in [1.29, 1.82) is 0 Å². The summed E-state index contributed by atoms with van der Waals surface area (Å²) in [6.07, 6.45) is 1.72. The van der Waals surface area contributed by atoms with E-state index in [1.54, 1.807) is 24.0 Å². The summed E-state index contributed by atoms with van der Waals surface area (Å²) in [5, 5.41) is 8.34. The van der Waals surface area contributed by atoms with Gasteiger partial charge in [-0.05, 0) is 49.6 Å². The van der Waals surface area contributed by atoms with Crippen molar-refractivity contribution in [3.63, 3.8) is 0 Å². The molecule has 1 aromatic heterocycles. The summed E-state index contributed by atoms with van der Waals surface area (Å²) in [6.45, 7) is 2.82. The second kappa shape index (κ2) is 7.31. The van der Waals surface area contributed by atoms with Crippen LogP contribution in [0.25, 0.3) is 11.5 Å². The molecule has 1 atom stereocenters. The highest BCUT2D eigenvalue weighted by atomic mass is 19.1. The van der Waals surface area contributed by atoms with E-state index in [-0.39, 0.29) is 17.6 Å². The number of aromatic nitrogens is 2. The molecule has 1 aliphatic rings. The molecule has 1 fully saturated rings. The van der Waals surface area contributed by atoms with Crippen molar-refractivity contribution in [2.24, 2.45) is 0 Å². The van der Waals surface area contributed by atoms with Gasteiger partial charge in [-0.2, -0.15) is 0 Å². The lowest BCUT2D eigenvalue weighted by molar-refractivity contribution is 0.0698. The Morgan fingerprint density at radius 3 is 2.78 bits per heavy atom. The summed E-state index contributed by atoms with van der Waals surface area (Å²) in [5.74, 6) is 0.485. The van der Waals surface area contributed by atoms with E-state index in [1.807, 2.05) is 30.3 Å². The van der Waals surface area contributed by atoms with E-state index in [4.69, 9.17) is 4.42 Å². The summed E-state index contributed by atoms with van der Waals surface area (Å²) in [7, 11) is 0. The lowest BCUT2D eigenvalue weighted by Gasteiger charge is -2.31. The lowest BCUT2D eigenvalue weighted by atomic mass is 9.97. The maximum Gasteiger partial charge on any atom is 0.253 e. The van der Waals surface area contributed by atoms with E-state index in [0.29, 0.717) is 36.0 Å². The third kappa shape index (κ3) is 3.60. The van der Waals surface area contributed by atoms with Crippen LogP contribution in [0, 0.1) is 12.7 Å². The third-order valence-corrected chi connectivity index (χ3v) is 4.94. The van der Waals surface area contributed by atoms with Gasteiger partial charge in [0.25, 0.3) is 5.91 Å². The molecule has 0 bridgehead atoms. The van der Waals surface area contributed by atoms with Crippen LogP contribution in [0.1, 0.15) is 40.6 Å². The Bertz CT molecular complexity index is 955. The predicted octanol–water partition coefficient (Wildman–Crippen LogP) is 4.20. The molecule has 0 aliphatic carbocycles. The quantitative estimate of drug-likeness (QED) is 0.698. The summed E-state index contributed by atoms with van der Waals surface area (Å²) in [6, 6.07) is 14.2. The van der Waals surface area contributed by atoms with Gasteiger partial charge in [0.2, 0.25) is 11.8 Å². The molecule has 2 heterocycles. The van der Waals surface area contributed by atoms with E-state index in [9.17, 15) is 9.18 Å². The first-order valence-corrected chi connectivity index (χ1v) is 9.06. The van der Waals surface area contributed by atoms with Gasteiger partial charge >= 0.3 is 0 Å². The van der Waals surface area contributed by atoms with E-state index >= 15 is 0 Å². The van der Waals surface area contributed by atoms with Crippen molar-refractivity contribution in [3.05, 3.63) is 71.4 Å². The topological polar surface area (TPSA) is 59.2 Å². The van der Waals surface area contributed by atoms with E-state index in [1.165, 1.54) is 6.07 Å². The molecule has 27 heavy (non-hydrogen) atoms. The van der Waals surface area contributed by atoms with E-state index < -0.39 is 0 Å². The zero-order chi connectivity index (χ0) is 18.8. The van der Waals surface area contributed by atoms with Gasteiger partial charge in [0.05, 0.1) is 5.92 Å². The Balaban J connectivity index is 1.50. The lowest BCUT2D eigenvalue weighted by Crippen LogP contribution is -2.39. The van der Waals surface area contributed by atoms with Crippen molar-refractivity contribution < 1.29 is 13.6 Å². The molecule has 0 radical (unpaired) electrons. The zero-order valence-electron chi connectivity index (χ0n) is 15.1. The number of amides is 1. The van der Waals surface area contributed by atoms with Crippen LogP contribution in [0.15, 0.2) is 52.9 Å². The molecular weight excluding hydrogens is 345 g/mol. The molecule has 6 heteroatoms. The first kappa shape index (κ1) is 17.4. The number of benzene rings is 2. The van der Waals surface area contributed by atoms with Crippen LogP contribution in [0.4, 0.5) is 4.39 Å². The van der Waals surface area contributed by atoms with Crippen molar-refractivity contribution in [1.82, 2.24) is 15.1 Å². The smallest absolute Gasteiger partial charge is 0.253 e. The first-order valence-electron chi connectivity index (χ1n) is 9.06. The molecule has 138 valence electrons. The molecule has 0 unspecified atom stereocenters. The summed E-state index contributed by atoms with van der Waals surface area (Å²) >= 11 is 0. The number of nitrogens with zero attached hydrogens (tertiary/aromatic N) is 3. The van der Waals surface area contributed by atoms with Crippen molar-refractivity contribution in [2.45, 2.75) is 25.7 Å². The highest BCUT2D eigenvalue weighted by Gasteiger charge is 2.29. The van der Waals surface area contributed by atoms with E-state index in [2.05, 4.69) is 10.2 Å². The number of carbonyl (C=O) groups excluding carboxylic acids is 1. The van der Waals surface area contributed by atoms with Gasteiger partial charge in [-0.1, -0.05) is 24.3 Å². The highest BCUT2D eigenvalue weighted by molar-refractivity contribution is 5.94. The number of halogens is 1. The van der Waals surface area contributed by atoms with Crippen LogP contribution in [0.2, 0.25) is 0 Å². The van der Waals surface area contributed by atoms with E-state index in [0.717, 1.165) is 18.4 Å². The fraction of sp³-hybridized carbons (Fsp3) is 0.286. The number of hydrogen-bond acceptors (Lipinski definition) is 4. The molecule has 1 amide bonds. The Morgan fingerprint density at radius 2 is 2.00 bits per heavy atom. The summed E-state index contributed by atoms with van der Waals surface area (Å²) in [5.41, 5.74) is 1.77. The second-order valence-electron chi connectivity index (χ2n) is 6.87. The van der Waals surface area contributed by atoms with Crippen LogP contribution in [-0.2, 0) is 0 Å². The number of rotatable bonds is 3. The maximum absolute atomic E-state index is 13.8. The number of likely N-dealkylation sites (tertiary alicyclic amines) is 1. The fourth-order valence-electron chi connectivity index (χ4n) is 3.37. The maximum atomic E-state index is 13.8. The van der Waals surface area contributed by atoms with Gasteiger partial charge in [0.15, 0.2) is 0 Å². The van der Waals surface area contributed by atoms with Crippen LogP contribution in [0.5, 0.6) is 0 Å². The molecule has 0 saturated carbocycles. The number of aryl methyl sites for hydroxylation is 1. The Hall–Kier alpha value is -3.02. The average molecular weight is 365 g/mol. The number of carbonyl (C=O) groups is 1. The fourth-order valence-corrected chi connectivity index (χ4v) is 3.37. The van der Waals surface area contributed by atoms with Gasteiger partial charge < -0.3 is 9.32 Å². The van der Waals surface area contributed by atoms with Crippen molar-refractivity contribution >= 4 is 5.91 Å². The normalized spacial score (nSPS) is 17.1. The van der Waals surface area contributed by atoms with Gasteiger partial charge in [-0.15, -0.1) is 10.2 Å². The molecule has 0 spiro atoms. The van der Waals surface area contributed by atoms with Gasteiger partial charge in [-0.3, -0.25) is 4.79 Å². The van der Waals surface area contributed by atoms with Crippen molar-refractivity contribution in [2.75, 3.05) is 13.1 Å². The zero-order valence-corrected chi connectivity index (χ0v) is 15.1.